The average Bonchev–Trinajstić information content (AvgIpc) is 3.14. The maximum absolute atomic E-state index is 12.9. The molecule has 3 aromatic rings. The molecule has 1 fully saturated rings. The van der Waals surface area contributed by atoms with Gasteiger partial charge in [-0.05, 0) is 35.2 Å². The molecule has 0 aliphatic carbocycles. The highest BCUT2D eigenvalue weighted by Crippen LogP contribution is 2.21. The van der Waals surface area contributed by atoms with Crippen molar-refractivity contribution in [2.24, 2.45) is 0 Å². The number of imide groups is 1. The summed E-state index contributed by atoms with van der Waals surface area (Å²) < 4.78 is 11.0. The highest BCUT2D eigenvalue weighted by atomic mass is 16.6. The monoisotopic (exact) mass is 401 g/mol. The summed E-state index contributed by atoms with van der Waals surface area (Å²) >= 11 is 0. The van der Waals surface area contributed by atoms with Gasteiger partial charge >= 0.3 is 6.09 Å². The van der Waals surface area contributed by atoms with Crippen molar-refractivity contribution in [1.29, 1.82) is 0 Å². The van der Waals surface area contributed by atoms with E-state index in [1.54, 1.807) is 0 Å². The molecule has 5 nitrogen and oxygen atoms in total. The van der Waals surface area contributed by atoms with Crippen LogP contribution in [-0.2, 0) is 29.0 Å². The summed E-state index contributed by atoms with van der Waals surface area (Å²) in [6.45, 7) is 0.676. The predicted octanol–water partition coefficient (Wildman–Crippen LogP) is 4.40. The summed E-state index contributed by atoms with van der Waals surface area (Å²) in [7, 11) is 0. The van der Waals surface area contributed by atoms with Gasteiger partial charge in [0.25, 0.3) is 0 Å². The fourth-order valence-electron chi connectivity index (χ4n) is 3.55. The van der Waals surface area contributed by atoms with Crippen LogP contribution in [0.25, 0.3) is 0 Å². The minimum absolute atomic E-state index is 0.114. The molecule has 5 heteroatoms. The van der Waals surface area contributed by atoms with E-state index in [9.17, 15) is 9.59 Å². The quantitative estimate of drug-likeness (QED) is 0.589. The lowest BCUT2D eigenvalue weighted by Crippen LogP contribution is -2.41. The molecule has 30 heavy (non-hydrogen) atoms. The molecular weight excluding hydrogens is 378 g/mol. The van der Waals surface area contributed by atoms with Crippen molar-refractivity contribution in [1.82, 2.24) is 4.90 Å². The smallest absolute Gasteiger partial charge is 0.416 e. The van der Waals surface area contributed by atoms with Crippen LogP contribution in [0.1, 0.15) is 16.7 Å². The molecule has 1 aliphatic heterocycles. The molecule has 0 saturated carbocycles. The third-order valence-corrected chi connectivity index (χ3v) is 5.05. The number of carbonyl (C=O) groups is 2. The molecule has 0 N–H and O–H groups in total. The van der Waals surface area contributed by atoms with Gasteiger partial charge in [0.05, 0.1) is 12.5 Å². The molecule has 1 saturated heterocycles. The average molecular weight is 401 g/mol. The number of hydrogen-bond donors (Lipinski definition) is 0. The number of amides is 2. The predicted molar refractivity (Wildman–Crippen MR) is 113 cm³/mol. The lowest BCUT2D eigenvalue weighted by atomic mass is 10.0. The number of benzene rings is 3. The fourth-order valence-corrected chi connectivity index (χ4v) is 3.55. The van der Waals surface area contributed by atoms with Gasteiger partial charge in [0.1, 0.15) is 19.0 Å². The second-order valence-corrected chi connectivity index (χ2v) is 7.28. The van der Waals surface area contributed by atoms with Gasteiger partial charge in [-0.1, -0.05) is 72.8 Å². The second-order valence-electron chi connectivity index (χ2n) is 7.28. The molecule has 152 valence electrons. The number of rotatable bonds is 7. The molecule has 0 spiro atoms. The third-order valence-electron chi connectivity index (χ3n) is 5.05. The first kappa shape index (κ1) is 19.7. The van der Waals surface area contributed by atoms with Gasteiger partial charge in [-0.25, -0.2) is 9.69 Å². The first-order valence-electron chi connectivity index (χ1n) is 9.97. The van der Waals surface area contributed by atoms with E-state index in [4.69, 9.17) is 9.47 Å². The van der Waals surface area contributed by atoms with Crippen LogP contribution >= 0.6 is 0 Å². The number of ether oxygens (including phenoxy) is 2. The van der Waals surface area contributed by atoms with Crippen LogP contribution in [0.5, 0.6) is 5.75 Å². The molecule has 4 rings (SSSR count). The van der Waals surface area contributed by atoms with E-state index in [1.165, 1.54) is 4.90 Å². The summed E-state index contributed by atoms with van der Waals surface area (Å²) in [6, 6.07) is 26.8. The maximum atomic E-state index is 12.9. The Labute approximate surface area is 175 Å². The largest absolute Gasteiger partial charge is 0.489 e. The minimum atomic E-state index is -0.572. The first-order valence-corrected chi connectivity index (χ1v) is 9.97. The van der Waals surface area contributed by atoms with Crippen molar-refractivity contribution in [2.45, 2.75) is 25.5 Å². The van der Waals surface area contributed by atoms with Crippen LogP contribution in [-0.4, -0.2) is 29.5 Å². The molecule has 2 amide bonds. The summed E-state index contributed by atoms with van der Waals surface area (Å²) in [5, 5.41) is 0. The molecule has 0 aromatic heterocycles. The van der Waals surface area contributed by atoms with Crippen molar-refractivity contribution < 1.29 is 19.1 Å². The van der Waals surface area contributed by atoms with Crippen LogP contribution in [0.4, 0.5) is 4.79 Å². The van der Waals surface area contributed by atoms with Crippen molar-refractivity contribution in [2.75, 3.05) is 6.61 Å². The Kier molecular flexibility index (Phi) is 6.09. The zero-order valence-electron chi connectivity index (χ0n) is 16.6. The van der Waals surface area contributed by atoms with E-state index in [2.05, 4.69) is 0 Å². The fraction of sp³-hybridized carbons (Fsp3) is 0.200. The van der Waals surface area contributed by atoms with Crippen LogP contribution < -0.4 is 4.74 Å². The van der Waals surface area contributed by atoms with Crippen LogP contribution in [0.3, 0.4) is 0 Å². The molecule has 0 unspecified atom stereocenters. The summed E-state index contributed by atoms with van der Waals surface area (Å²) in [5.74, 6) is 0.424. The SMILES string of the molecule is O=C(Cc1cccc(OCc2ccccc2)c1)N1C(=O)OC[C@@H]1Cc1ccccc1. The summed E-state index contributed by atoms with van der Waals surface area (Å²) in [4.78, 5) is 26.3. The number of hydrogen-bond acceptors (Lipinski definition) is 4. The van der Waals surface area contributed by atoms with Crippen molar-refractivity contribution in [3.05, 3.63) is 102 Å². The third kappa shape index (κ3) is 4.87. The molecular formula is C25H23NO4. The molecule has 1 aliphatic rings. The molecule has 0 bridgehead atoms. The number of carbonyl (C=O) groups excluding carboxylic acids is 2. The zero-order valence-corrected chi connectivity index (χ0v) is 16.6. The lowest BCUT2D eigenvalue weighted by Gasteiger charge is -2.20. The van der Waals surface area contributed by atoms with E-state index in [-0.39, 0.29) is 25.0 Å². The Morgan fingerprint density at radius 2 is 1.57 bits per heavy atom. The molecule has 3 aromatic carbocycles. The maximum Gasteiger partial charge on any atom is 0.416 e. The summed E-state index contributed by atoms with van der Waals surface area (Å²) in [5.41, 5.74) is 2.93. The number of cyclic esters (lactones) is 1. The molecule has 1 heterocycles. The van der Waals surface area contributed by atoms with Gasteiger partial charge < -0.3 is 9.47 Å². The highest BCUT2D eigenvalue weighted by molar-refractivity contribution is 5.94. The van der Waals surface area contributed by atoms with Gasteiger partial charge in [-0.3, -0.25) is 4.79 Å². The topological polar surface area (TPSA) is 55.8 Å². The van der Waals surface area contributed by atoms with Gasteiger partial charge in [-0.2, -0.15) is 0 Å². The van der Waals surface area contributed by atoms with Crippen molar-refractivity contribution in [3.63, 3.8) is 0 Å². The Bertz CT molecular complexity index is 1000. The van der Waals surface area contributed by atoms with Crippen LogP contribution in [0.2, 0.25) is 0 Å². The molecule has 0 radical (unpaired) electrons. The standard InChI is InChI=1S/C25H23NO4/c27-24(26-22(18-30-25(26)28)14-19-8-3-1-4-9-19)16-21-12-7-13-23(15-21)29-17-20-10-5-2-6-11-20/h1-13,15,22H,14,16-18H2/t22-/m0/s1. The van der Waals surface area contributed by atoms with E-state index in [0.717, 1.165) is 16.7 Å². The first-order chi connectivity index (χ1) is 14.7. The zero-order chi connectivity index (χ0) is 20.8. The Morgan fingerprint density at radius 1 is 0.900 bits per heavy atom. The van der Waals surface area contributed by atoms with Crippen molar-refractivity contribution in [3.8, 4) is 5.75 Å². The van der Waals surface area contributed by atoms with E-state index < -0.39 is 6.09 Å². The Morgan fingerprint density at radius 3 is 2.30 bits per heavy atom. The number of nitrogens with zero attached hydrogens (tertiary/aromatic N) is 1. The molecule has 1 atom stereocenters. The van der Waals surface area contributed by atoms with Crippen molar-refractivity contribution >= 4 is 12.0 Å². The highest BCUT2D eigenvalue weighted by Gasteiger charge is 2.37. The summed E-state index contributed by atoms with van der Waals surface area (Å²) in [6.07, 6.45) is 0.124. The van der Waals surface area contributed by atoms with E-state index >= 15 is 0 Å². The van der Waals surface area contributed by atoms with Gasteiger partial charge in [0.15, 0.2) is 0 Å². The van der Waals surface area contributed by atoms with Crippen LogP contribution in [0.15, 0.2) is 84.9 Å². The minimum Gasteiger partial charge on any atom is -0.489 e. The van der Waals surface area contributed by atoms with E-state index in [1.807, 2.05) is 84.9 Å². The van der Waals surface area contributed by atoms with Crippen LogP contribution in [0, 0.1) is 0 Å². The lowest BCUT2D eigenvalue weighted by molar-refractivity contribution is -0.128. The Hall–Kier alpha value is -3.60. The van der Waals surface area contributed by atoms with Gasteiger partial charge in [0, 0.05) is 0 Å². The van der Waals surface area contributed by atoms with Gasteiger partial charge in [-0.15, -0.1) is 0 Å². The normalized spacial score (nSPS) is 15.7. The van der Waals surface area contributed by atoms with E-state index in [0.29, 0.717) is 18.8 Å². The Balaban J connectivity index is 1.40. The van der Waals surface area contributed by atoms with Gasteiger partial charge in [0.2, 0.25) is 5.91 Å². The second kappa shape index (κ2) is 9.27.